The summed E-state index contributed by atoms with van der Waals surface area (Å²) in [6, 6.07) is 1.51. The first-order valence-corrected chi connectivity index (χ1v) is 5.02. The number of nitrogens with zero attached hydrogens (tertiary/aromatic N) is 2. The number of aromatic nitrogens is 2. The lowest BCUT2D eigenvalue weighted by Gasteiger charge is -2.22. The third-order valence-electron chi connectivity index (χ3n) is 2.52. The van der Waals surface area contributed by atoms with E-state index in [1.54, 1.807) is 6.20 Å². The van der Waals surface area contributed by atoms with Crippen molar-refractivity contribution in [3.05, 3.63) is 22.6 Å². The van der Waals surface area contributed by atoms with Crippen molar-refractivity contribution in [3.63, 3.8) is 0 Å². The zero-order chi connectivity index (χ0) is 10.7. The molecule has 1 saturated heterocycles. The van der Waals surface area contributed by atoms with E-state index in [2.05, 4.69) is 5.10 Å². The highest BCUT2D eigenvalue weighted by Gasteiger charge is 2.17. The maximum atomic E-state index is 11.7. The Hall–Kier alpha value is -1.36. The Morgan fingerprint density at radius 1 is 1.67 bits per heavy atom. The van der Waals surface area contributed by atoms with Gasteiger partial charge in [0.2, 0.25) is 0 Å². The molecule has 0 spiro atoms. The van der Waals surface area contributed by atoms with Crippen LogP contribution in [0.4, 0.5) is 0 Å². The van der Waals surface area contributed by atoms with E-state index in [4.69, 9.17) is 9.47 Å². The molecule has 0 saturated carbocycles. The molecule has 5 nitrogen and oxygen atoms in total. The Bertz CT molecular complexity index is 382. The molecule has 5 heteroatoms. The fourth-order valence-electron chi connectivity index (χ4n) is 1.70. The van der Waals surface area contributed by atoms with Crippen LogP contribution in [0.1, 0.15) is 18.9 Å². The van der Waals surface area contributed by atoms with Gasteiger partial charge in [-0.1, -0.05) is 0 Å². The summed E-state index contributed by atoms with van der Waals surface area (Å²) in [5, 5.41) is 4.07. The molecule has 1 aliphatic heterocycles. The molecule has 82 valence electrons. The van der Waals surface area contributed by atoms with Crippen LogP contribution in [0.3, 0.4) is 0 Å². The van der Waals surface area contributed by atoms with Crippen molar-refractivity contribution in [2.24, 2.45) is 0 Å². The highest BCUT2D eigenvalue weighted by Crippen LogP contribution is 2.16. The second kappa shape index (κ2) is 4.44. The Morgan fingerprint density at radius 2 is 2.53 bits per heavy atom. The minimum Gasteiger partial charge on any atom is -0.495 e. The lowest BCUT2D eigenvalue weighted by molar-refractivity contribution is 0.0530. The fourth-order valence-corrected chi connectivity index (χ4v) is 1.70. The van der Waals surface area contributed by atoms with E-state index in [1.807, 2.05) is 0 Å². The lowest BCUT2D eigenvalue weighted by atomic mass is 10.1. The lowest BCUT2D eigenvalue weighted by Crippen LogP contribution is -2.31. The number of hydrogen-bond donors (Lipinski definition) is 0. The molecule has 1 aromatic rings. The normalized spacial score (nSPS) is 21.3. The van der Waals surface area contributed by atoms with E-state index in [0.717, 1.165) is 19.4 Å². The molecule has 1 aromatic heterocycles. The van der Waals surface area contributed by atoms with E-state index < -0.39 is 0 Å². The van der Waals surface area contributed by atoms with Crippen molar-refractivity contribution in [2.75, 3.05) is 20.3 Å². The van der Waals surface area contributed by atoms with Gasteiger partial charge in [-0.3, -0.25) is 4.79 Å². The van der Waals surface area contributed by atoms with Crippen LogP contribution in [-0.4, -0.2) is 30.1 Å². The molecule has 0 unspecified atom stereocenters. The zero-order valence-electron chi connectivity index (χ0n) is 8.68. The highest BCUT2D eigenvalue weighted by molar-refractivity contribution is 5.13. The summed E-state index contributed by atoms with van der Waals surface area (Å²) < 4.78 is 11.7. The first-order valence-electron chi connectivity index (χ1n) is 5.02. The van der Waals surface area contributed by atoms with Gasteiger partial charge in [-0.25, -0.2) is 4.68 Å². The molecule has 0 bridgehead atoms. The van der Waals surface area contributed by atoms with Crippen LogP contribution in [0.15, 0.2) is 17.1 Å². The van der Waals surface area contributed by atoms with E-state index in [-0.39, 0.29) is 11.6 Å². The van der Waals surface area contributed by atoms with Gasteiger partial charge in [0.15, 0.2) is 0 Å². The summed E-state index contributed by atoms with van der Waals surface area (Å²) in [6.45, 7) is 1.35. The molecule has 1 fully saturated rings. The molecular weight excluding hydrogens is 196 g/mol. The highest BCUT2D eigenvalue weighted by atomic mass is 16.5. The number of methoxy groups -OCH3 is 1. The minimum atomic E-state index is -0.134. The van der Waals surface area contributed by atoms with Crippen molar-refractivity contribution >= 4 is 0 Å². The molecule has 0 radical (unpaired) electrons. The molecule has 1 atom stereocenters. The summed E-state index contributed by atoms with van der Waals surface area (Å²) in [6.07, 6.45) is 3.47. The van der Waals surface area contributed by atoms with Gasteiger partial charge < -0.3 is 9.47 Å². The van der Waals surface area contributed by atoms with E-state index in [0.29, 0.717) is 12.4 Å². The molecule has 0 aromatic carbocycles. The van der Waals surface area contributed by atoms with Crippen LogP contribution >= 0.6 is 0 Å². The van der Waals surface area contributed by atoms with Crippen molar-refractivity contribution in [1.29, 1.82) is 0 Å². The largest absolute Gasteiger partial charge is 0.495 e. The van der Waals surface area contributed by atoms with Gasteiger partial charge in [0, 0.05) is 12.7 Å². The van der Waals surface area contributed by atoms with Crippen LogP contribution in [0, 0.1) is 0 Å². The minimum absolute atomic E-state index is 0.0668. The monoisotopic (exact) mass is 210 g/mol. The number of hydrogen-bond acceptors (Lipinski definition) is 4. The Kier molecular flexibility index (Phi) is 3.01. The smallest absolute Gasteiger partial charge is 0.270 e. The van der Waals surface area contributed by atoms with Crippen LogP contribution in [0.2, 0.25) is 0 Å². The topological polar surface area (TPSA) is 53.4 Å². The SMILES string of the molecule is COc1cnn([C@H]2CCCOC2)c(=O)c1. The molecule has 0 amide bonds. The quantitative estimate of drug-likeness (QED) is 0.717. The summed E-state index contributed by atoms with van der Waals surface area (Å²) in [5.74, 6) is 0.493. The van der Waals surface area contributed by atoms with Gasteiger partial charge in [0.1, 0.15) is 5.75 Å². The Labute approximate surface area is 87.6 Å². The van der Waals surface area contributed by atoms with Crippen LogP contribution < -0.4 is 10.3 Å². The standard InChI is InChI=1S/C10H14N2O3/c1-14-9-5-10(13)12(11-6-9)8-3-2-4-15-7-8/h5-6,8H,2-4,7H2,1H3/t8-/m0/s1. The maximum Gasteiger partial charge on any atom is 0.270 e. The summed E-state index contributed by atoms with van der Waals surface area (Å²) in [5.41, 5.74) is -0.134. The molecule has 0 N–H and O–H groups in total. The van der Waals surface area contributed by atoms with Gasteiger partial charge in [-0.05, 0) is 12.8 Å². The fraction of sp³-hybridized carbons (Fsp3) is 0.600. The van der Waals surface area contributed by atoms with E-state index in [1.165, 1.54) is 17.9 Å². The third kappa shape index (κ3) is 2.18. The third-order valence-corrected chi connectivity index (χ3v) is 2.52. The molecule has 1 aliphatic rings. The van der Waals surface area contributed by atoms with Gasteiger partial charge in [0.25, 0.3) is 5.56 Å². The van der Waals surface area contributed by atoms with Crippen molar-refractivity contribution in [1.82, 2.24) is 9.78 Å². The van der Waals surface area contributed by atoms with E-state index in [9.17, 15) is 4.79 Å². The van der Waals surface area contributed by atoms with Crippen molar-refractivity contribution in [3.8, 4) is 5.75 Å². The average Bonchev–Trinajstić information content (AvgIpc) is 2.30. The van der Waals surface area contributed by atoms with Crippen LogP contribution in [-0.2, 0) is 4.74 Å². The molecule has 0 aliphatic carbocycles. The van der Waals surface area contributed by atoms with Gasteiger partial charge >= 0.3 is 0 Å². The first kappa shape index (κ1) is 10.2. The van der Waals surface area contributed by atoms with Crippen molar-refractivity contribution in [2.45, 2.75) is 18.9 Å². The predicted molar refractivity (Wildman–Crippen MR) is 54.1 cm³/mol. The molecular formula is C10H14N2O3. The van der Waals surface area contributed by atoms with Crippen molar-refractivity contribution < 1.29 is 9.47 Å². The molecule has 2 heterocycles. The average molecular weight is 210 g/mol. The predicted octanol–water partition coefficient (Wildman–Crippen LogP) is 0.603. The molecule has 2 rings (SSSR count). The first-order chi connectivity index (χ1) is 7.31. The summed E-state index contributed by atoms with van der Waals surface area (Å²) in [4.78, 5) is 11.7. The van der Waals surface area contributed by atoms with Gasteiger partial charge in [0.05, 0.1) is 26.0 Å². The Balaban J connectivity index is 2.24. The number of ether oxygens (including phenoxy) is 2. The van der Waals surface area contributed by atoms with Gasteiger partial charge in [-0.15, -0.1) is 0 Å². The summed E-state index contributed by atoms with van der Waals surface area (Å²) in [7, 11) is 1.52. The van der Waals surface area contributed by atoms with Gasteiger partial charge in [-0.2, -0.15) is 5.10 Å². The van der Waals surface area contributed by atoms with E-state index >= 15 is 0 Å². The Morgan fingerprint density at radius 3 is 3.13 bits per heavy atom. The molecule has 15 heavy (non-hydrogen) atoms. The number of rotatable bonds is 2. The van der Waals surface area contributed by atoms with Crippen LogP contribution in [0.5, 0.6) is 5.75 Å². The van der Waals surface area contributed by atoms with Crippen LogP contribution in [0.25, 0.3) is 0 Å². The second-order valence-corrected chi connectivity index (χ2v) is 3.55. The zero-order valence-corrected chi connectivity index (χ0v) is 8.68. The summed E-state index contributed by atoms with van der Waals surface area (Å²) >= 11 is 0. The maximum absolute atomic E-state index is 11.7. The second-order valence-electron chi connectivity index (χ2n) is 3.55.